The first kappa shape index (κ1) is 13.5. The van der Waals surface area contributed by atoms with Crippen LogP contribution in [-0.4, -0.2) is 19.0 Å². The zero-order valence-electron chi connectivity index (χ0n) is 10.3. The minimum absolute atomic E-state index is 0.110. The predicted octanol–water partition coefficient (Wildman–Crippen LogP) is 3.08. The lowest BCUT2D eigenvalue weighted by Crippen LogP contribution is -2.39. The third kappa shape index (κ3) is 2.58. The lowest BCUT2D eigenvalue weighted by Gasteiger charge is -2.48. The second kappa shape index (κ2) is 5.19. The molecule has 1 fully saturated rings. The lowest BCUT2D eigenvalue weighted by atomic mass is 9.58. The molecule has 0 aromatic heterocycles. The van der Waals surface area contributed by atoms with Gasteiger partial charge in [0.25, 0.3) is 0 Å². The van der Waals surface area contributed by atoms with Crippen molar-refractivity contribution in [1.82, 2.24) is 0 Å². The molecule has 1 aliphatic carbocycles. The zero-order chi connectivity index (χ0) is 12.3. The van der Waals surface area contributed by atoms with Gasteiger partial charge in [-0.25, -0.2) is 4.79 Å². The van der Waals surface area contributed by atoms with Crippen molar-refractivity contribution < 1.29 is 14.6 Å². The Hall–Kier alpha value is -0.540. The lowest BCUT2D eigenvalue weighted by molar-refractivity contribution is -0.254. The number of halogens is 1. The van der Waals surface area contributed by atoms with Gasteiger partial charge in [-0.3, -0.25) is 4.89 Å². The fourth-order valence-electron chi connectivity index (χ4n) is 2.30. The number of hydrogen-bond acceptors (Lipinski definition) is 3. The topological polar surface area (TPSA) is 35.5 Å². The maximum Gasteiger partial charge on any atom is 0.346 e. The molecule has 1 unspecified atom stereocenters. The van der Waals surface area contributed by atoms with Gasteiger partial charge >= 0.3 is 5.97 Å². The zero-order valence-corrected chi connectivity index (χ0v) is 11.1. The first-order valence-corrected chi connectivity index (χ1v) is 5.95. The Labute approximate surface area is 102 Å². The Kier molecular flexibility index (Phi) is 4.39. The van der Waals surface area contributed by atoms with Crippen molar-refractivity contribution in [3.63, 3.8) is 0 Å². The molecule has 0 aromatic carbocycles. The molecule has 92 valence electrons. The molecule has 0 bridgehead atoms. The highest BCUT2D eigenvalue weighted by molar-refractivity contribution is 6.18. The molecular weight excluding hydrogens is 228 g/mol. The third-order valence-corrected chi connectivity index (χ3v) is 3.91. The van der Waals surface area contributed by atoms with Gasteiger partial charge < -0.3 is 0 Å². The summed E-state index contributed by atoms with van der Waals surface area (Å²) in [5.41, 5.74) is 2.51. The molecule has 0 heterocycles. The van der Waals surface area contributed by atoms with Gasteiger partial charge in [0.15, 0.2) is 0 Å². The molecule has 16 heavy (non-hydrogen) atoms. The number of carbonyl (C=O) groups is 1. The van der Waals surface area contributed by atoms with Crippen molar-refractivity contribution in [1.29, 1.82) is 0 Å². The number of hydrogen-bond donors (Lipinski definition) is 0. The van der Waals surface area contributed by atoms with Crippen molar-refractivity contribution in [2.45, 2.75) is 33.6 Å². The van der Waals surface area contributed by atoms with Crippen LogP contribution < -0.4 is 0 Å². The van der Waals surface area contributed by atoms with Crippen LogP contribution in [0.25, 0.3) is 0 Å². The van der Waals surface area contributed by atoms with Crippen molar-refractivity contribution in [2.75, 3.05) is 13.0 Å². The molecule has 0 saturated heterocycles. The molecule has 0 aliphatic heterocycles. The quantitative estimate of drug-likeness (QED) is 0.331. The van der Waals surface area contributed by atoms with Gasteiger partial charge in [-0.05, 0) is 24.7 Å². The highest BCUT2D eigenvalue weighted by atomic mass is 35.5. The average molecular weight is 247 g/mol. The van der Waals surface area contributed by atoms with Gasteiger partial charge in [0.05, 0.1) is 13.5 Å². The normalized spacial score (nSPS) is 25.9. The summed E-state index contributed by atoms with van der Waals surface area (Å²) in [4.78, 5) is 20.0. The molecule has 4 heteroatoms. The molecule has 0 N–H and O–H groups in total. The van der Waals surface area contributed by atoms with Crippen LogP contribution in [-0.2, 0) is 14.6 Å². The Balaban J connectivity index is 2.66. The summed E-state index contributed by atoms with van der Waals surface area (Å²) >= 11 is 5.88. The van der Waals surface area contributed by atoms with Crippen molar-refractivity contribution in [3.05, 3.63) is 11.1 Å². The van der Waals surface area contributed by atoms with Gasteiger partial charge in [-0.1, -0.05) is 25.0 Å². The highest BCUT2D eigenvalue weighted by Crippen LogP contribution is 2.52. The van der Waals surface area contributed by atoms with Crippen LogP contribution in [0, 0.1) is 11.3 Å². The summed E-state index contributed by atoms with van der Waals surface area (Å²) in [7, 11) is 1.33. The third-order valence-electron chi connectivity index (χ3n) is 3.54. The van der Waals surface area contributed by atoms with E-state index in [-0.39, 0.29) is 11.4 Å². The Morgan fingerprint density at radius 2 is 2.19 bits per heavy atom. The molecule has 1 aliphatic rings. The largest absolute Gasteiger partial charge is 0.346 e. The Bertz CT molecular complexity index is 307. The minimum Gasteiger partial charge on any atom is -0.298 e. The molecule has 1 atom stereocenters. The van der Waals surface area contributed by atoms with Crippen LogP contribution in [0.3, 0.4) is 0 Å². The van der Waals surface area contributed by atoms with E-state index in [0.29, 0.717) is 18.2 Å². The summed E-state index contributed by atoms with van der Waals surface area (Å²) in [5.74, 6) is 0.835. The first-order valence-electron chi connectivity index (χ1n) is 5.42. The van der Waals surface area contributed by atoms with E-state index in [2.05, 4.69) is 23.6 Å². The van der Waals surface area contributed by atoms with E-state index in [1.165, 1.54) is 12.7 Å². The maximum absolute atomic E-state index is 11.3. The number of allylic oxidation sites excluding steroid dienone is 1. The summed E-state index contributed by atoms with van der Waals surface area (Å²) in [6.07, 6.45) is 1.28. The minimum atomic E-state index is -0.349. The smallest absolute Gasteiger partial charge is 0.298 e. The summed E-state index contributed by atoms with van der Waals surface area (Å²) < 4.78 is 0. The summed E-state index contributed by atoms with van der Waals surface area (Å²) in [6.45, 7) is 6.31. The van der Waals surface area contributed by atoms with E-state index in [9.17, 15) is 4.79 Å². The van der Waals surface area contributed by atoms with Gasteiger partial charge in [0.1, 0.15) is 0 Å². The van der Waals surface area contributed by atoms with Gasteiger partial charge in [-0.2, -0.15) is 4.89 Å². The van der Waals surface area contributed by atoms with Crippen molar-refractivity contribution >= 4 is 17.6 Å². The van der Waals surface area contributed by atoms with E-state index >= 15 is 0 Å². The van der Waals surface area contributed by atoms with Gasteiger partial charge in [0.2, 0.25) is 0 Å². The van der Waals surface area contributed by atoms with Gasteiger partial charge in [-0.15, -0.1) is 11.6 Å². The molecule has 0 radical (unpaired) electrons. The number of alkyl halides is 1. The number of carbonyl (C=O) groups excluding carboxylic acids is 1. The van der Waals surface area contributed by atoms with Crippen LogP contribution in [0.5, 0.6) is 0 Å². The molecular formula is C12H19ClO3. The highest BCUT2D eigenvalue weighted by Gasteiger charge is 2.43. The van der Waals surface area contributed by atoms with Crippen molar-refractivity contribution in [3.8, 4) is 0 Å². The van der Waals surface area contributed by atoms with E-state index in [1.807, 2.05) is 6.92 Å². The molecule has 0 amide bonds. The Morgan fingerprint density at radius 1 is 1.56 bits per heavy atom. The maximum atomic E-state index is 11.3. The van der Waals surface area contributed by atoms with E-state index in [1.54, 1.807) is 0 Å². The second-order valence-electron chi connectivity index (χ2n) is 4.83. The SMILES string of the molecule is COOC(=O)C/C(C)=C1\CC(CCl)C1(C)C. The fraction of sp³-hybridized carbons (Fsp3) is 0.750. The summed E-state index contributed by atoms with van der Waals surface area (Å²) in [5, 5.41) is 0. The predicted molar refractivity (Wildman–Crippen MR) is 63.0 cm³/mol. The van der Waals surface area contributed by atoms with Crippen LogP contribution in [0.2, 0.25) is 0 Å². The molecule has 3 nitrogen and oxygen atoms in total. The Morgan fingerprint density at radius 3 is 2.62 bits per heavy atom. The molecule has 0 spiro atoms. The van der Waals surface area contributed by atoms with Crippen LogP contribution >= 0.6 is 11.6 Å². The number of rotatable bonds is 4. The van der Waals surface area contributed by atoms with Crippen molar-refractivity contribution in [2.24, 2.45) is 11.3 Å². The molecule has 1 saturated carbocycles. The second-order valence-corrected chi connectivity index (χ2v) is 5.14. The molecule has 1 rings (SSSR count). The van der Waals surface area contributed by atoms with E-state index in [0.717, 1.165) is 12.0 Å². The van der Waals surface area contributed by atoms with E-state index < -0.39 is 0 Å². The van der Waals surface area contributed by atoms with Crippen LogP contribution in [0.4, 0.5) is 0 Å². The fourth-order valence-corrected chi connectivity index (χ4v) is 2.79. The first-order chi connectivity index (χ1) is 7.43. The van der Waals surface area contributed by atoms with Gasteiger partial charge in [0, 0.05) is 5.88 Å². The van der Waals surface area contributed by atoms with Crippen LogP contribution in [0.1, 0.15) is 33.6 Å². The monoisotopic (exact) mass is 246 g/mol. The van der Waals surface area contributed by atoms with E-state index in [4.69, 9.17) is 11.6 Å². The average Bonchev–Trinajstić information content (AvgIpc) is 2.16. The standard InChI is InChI=1S/C12H19ClO3/c1-8(5-11(14)16-15-4)10-6-9(7-13)12(10,2)3/h9H,5-7H2,1-4H3/b10-8+. The molecule has 0 aromatic rings. The van der Waals surface area contributed by atoms with Crippen LogP contribution in [0.15, 0.2) is 11.1 Å². The summed E-state index contributed by atoms with van der Waals surface area (Å²) in [6, 6.07) is 0.